The Kier molecular flexibility index (Phi) is 5.77. The molecule has 1 heterocycles. The van der Waals surface area contributed by atoms with Gasteiger partial charge in [-0.15, -0.1) is 0 Å². The summed E-state index contributed by atoms with van der Waals surface area (Å²) in [5.41, 5.74) is 1.93. The van der Waals surface area contributed by atoms with Crippen LogP contribution in [0, 0.1) is 4.77 Å². The molecule has 0 bridgehead atoms. The molecule has 3 aromatic rings. The zero-order chi connectivity index (χ0) is 19.6. The third-order valence-corrected chi connectivity index (χ3v) is 4.93. The fourth-order valence-electron chi connectivity index (χ4n) is 3.06. The quantitative estimate of drug-likeness (QED) is 0.632. The maximum atomic E-state index is 12.6. The highest BCUT2D eigenvalue weighted by Crippen LogP contribution is 2.14. The molecule has 2 aromatic carbocycles. The number of hydrogen-bond acceptors (Lipinski definition) is 3. The summed E-state index contributed by atoms with van der Waals surface area (Å²) in [6, 6.07) is 12.5. The van der Waals surface area contributed by atoms with Gasteiger partial charge in [-0.05, 0) is 68.4 Å². The number of hydrogen-bond donors (Lipinski definition) is 2. The Morgan fingerprint density at radius 3 is 2.78 bits per heavy atom. The van der Waals surface area contributed by atoms with Crippen molar-refractivity contribution in [3.05, 3.63) is 73.7 Å². The fourth-order valence-corrected chi connectivity index (χ4v) is 3.59. The summed E-state index contributed by atoms with van der Waals surface area (Å²) in [6.07, 6.45) is 0.670. The lowest BCUT2D eigenvalue weighted by molar-refractivity contribution is 0.0940. The lowest BCUT2D eigenvalue weighted by atomic mass is 10.1. The molecule has 140 valence electrons. The maximum absolute atomic E-state index is 12.6. The normalized spacial score (nSPS) is 12.1. The average molecular weight is 402 g/mol. The number of halogens is 1. The van der Waals surface area contributed by atoms with Crippen molar-refractivity contribution in [2.45, 2.75) is 32.9 Å². The third-order valence-electron chi connectivity index (χ3n) is 4.37. The first-order valence-electron chi connectivity index (χ1n) is 8.71. The molecule has 0 aliphatic carbocycles. The van der Waals surface area contributed by atoms with Crippen molar-refractivity contribution < 1.29 is 4.79 Å². The third kappa shape index (κ3) is 4.28. The molecule has 7 heteroatoms. The minimum atomic E-state index is -0.203. The van der Waals surface area contributed by atoms with E-state index in [1.54, 1.807) is 18.2 Å². The van der Waals surface area contributed by atoms with Crippen molar-refractivity contribution in [3.8, 4) is 0 Å². The van der Waals surface area contributed by atoms with Crippen molar-refractivity contribution in [3.63, 3.8) is 0 Å². The standard InChI is InChI=1S/C20H20ClN3O2S/c1-3-24-19(26)16-8-7-14(11-17(16)23-20(24)27)18(25)22-12(2)9-13-5-4-6-15(21)10-13/h4-8,10-12H,3,9H2,1-2H3,(H,22,25)(H,23,27)/t12-/m1/s1. The Bertz CT molecular complexity index is 1120. The molecule has 0 aliphatic rings. The number of nitrogens with one attached hydrogen (secondary N) is 2. The Morgan fingerprint density at radius 2 is 2.07 bits per heavy atom. The minimum absolute atomic E-state index is 0.0711. The van der Waals surface area contributed by atoms with E-state index in [1.165, 1.54) is 4.57 Å². The van der Waals surface area contributed by atoms with E-state index >= 15 is 0 Å². The number of aromatic amines is 1. The summed E-state index contributed by atoms with van der Waals surface area (Å²) in [7, 11) is 0. The molecule has 0 fully saturated rings. The van der Waals surface area contributed by atoms with Crippen molar-refractivity contribution in [2.75, 3.05) is 0 Å². The number of benzene rings is 2. The van der Waals surface area contributed by atoms with Gasteiger partial charge in [0.1, 0.15) is 0 Å². The van der Waals surface area contributed by atoms with Gasteiger partial charge in [-0.25, -0.2) is 0 Å². The van der Waals surface area contributed by atoms with Gasteiger partial charge in [-0.3, -0.25) is 14.2 Å². The van der Waals surface area contributed by atoms with Crippen LogP contribution in [0.2, 0.25) is 5.02 Å². The smallest absolute Gasteiger partial charge is 0.262 e. The topological polar surface area (TPSA) is 66.9 Å². The highest BCUT2D eigenvalue weighted by Gasteiger charge is 2.13. The Hall–Kier alpha value is -2.44. The second-order valence-electron chi connectivity index (χ2n) is 6.45. The molecule has 0 spiro atoms. The Balaban J connectivity index is 1.81. The lowest BCUT2D eigenvalue weighted by Crippen LogP contribution is -2.34. The van der Waals surface area contributed by atoms with Gasteiger partial charge >= 0.3 is 0 Å². The molecular formula is C20H20ClN3O2S. The Morgan fingerprint density at radius 1 is 1.30 bits per heavy atom. The maximum Gasteiger partial charge on any atom is 0.262 e. The van der Waals surface area contributed by atoms with Gasteiger partial charge in [-0.1, -0.05) is 23.7 Å². The van der Waals surface area contributed by atoms with Crippen LogP contribution in [-0.2, 0) is 13.0 Å². The molecule has 1 atom stereocenters. The second-order valence-corrected chi connectivity index (χ2v) is 7.27. The van der Waals surface area contributed by atoms with Crippen LogP contribution in [-0.4, -0.2) is 21.5 Å². The first-order valence-corrected chi connectivity index (χ1v) is 9.50. The average Bonchev–Trinajstić information content (AvgIpc) is 2.61. The predicted octanol–water partition coefficient (Wildman–Crippen LogP) is 4.09. The molecule has 5 nitrogen and oxygen atoms in total. The van der Waals surface area contributed by atoms with E-state index < -0.39 is 0 Å². The zero-order valence-electron chi connectivity index (χ0n) is 15.1. The minimum Gasteiger partial charge on any atom is -0.349 e. The number of carbonyl (C=O) groups is 1. The monoisotopic (exact) mass is 401 g/mol. The van der Waals surface area contributed by atoms with Gasteiger partial charge in [-0.2, -0.15) is 0 Å². The molecule has 0 unspecified atom stereocenters. The number of carbonyl (C=O) groups excluding carboxylic acids is 1. The van der Waals surface area contributed by atoms with Crippen LogP contribution in [0.3, 0.4) is 0 Å². The SMILES string of the molecule is CCn1c(=S)[nH]c2cc(C(=O)N[C@H](C)Cc3cccc(Cl)c3)ccc2c1=O. The highest BCUT2D eigenvalue weighted by molar-refractivity contribution is 7.71. The van der Waals surface area contributed by atoms with Crippen LogP contribution in [0.25, 0.3) is 10.9 Å². The first kappa shape index (κ1) is 19.3. The van der Waals surface area contributed by atoms with Crippen LogP contribution in [0.5, 0.6) is 0 Å². The molecule has 0 radical (unpaired) electrons. The van der Waals surface area contributed by atoms with Crippen LogP contribution in [0.4, 0.5) is 0 Å². The number of rotatable bonds is 5. The lowest BCUT2D eigenvalue weighted by Gasteiger charge is -2.14. The van der Waals surface area contributed by atoms with E-state index in [4.69, 9.17) is 23.8 Å². The molecule has 2 N–H and O–H groups in total. The summed E-state index contributed by atoms with van der Waals surface area (Å²) >= 11 is 11.2. The van der Waals surface area contributed by atoms with Crippen LogP contribution in [0.15, 0.2) is 47.3 Å². The van der Waals surface area contributed by atoms with Crippen molar-refractivity contribution in [1.29, 1.82) is 0 Å². The van der Waals surface area contributed by atoms with E-state index in [2.05, 4.69) is 10.3 Å². The van der Waals surface area contributed by atoms with Gasteiger partial charge in [0.15, 0.2) is 4.77 Å². The largest absolute Gasteiger partial charge is 0.349 e. The number of amides is 1. The van der Waals surface area contributed by atoms with E-state index in [9.17, 15) is 9.59 Å². The highest BCUT2D eigenvalue weighted by atomic mass is 35.5. The summed E-state index contributed by atoms with van der Waals surface area (Å²) in [5.74, 6) is -0.203. The van der Waals surface area contributed by atoms with Crippen LogP contribution >= 0.6 is 23.8 Å². The molecule has 0 saturated carbocycles. The summed E-state index contributed by atoms with van der Waals surface area (Å²) in [6.45, 7) is 4.29. The van der Waals surface area contributed by atoms with Gasteiger partial charge in [0, 0.05) is 23.2 Å². The van der Waals surface area contributed by atoms with Gasteiger partial charge in [0.05, 0.1) is 10.9 Å². The van der Waals surface area contributed by atoms with Crippen molar-refractivity contribution in [2.24, 2.45) is 0 Å². The molecule has 1 aromatic heterocycles. The predicted molar refractivity (Wildman–Crippen MR) is 111 cm³/mol. The fraction of sp³-hybridized carbons (Fsp3) is 0.250. The number of aromatic nitrogens is 2. The number of nitrogens with zero attached hydrogens (tertiary/aromatic N) is 1. The molecule has 27 heavy (non-hydrogen) atoms. The van der Waals surface area contributed by atoms with Gasteiger partial charge in [0.25, 0.3) is 11.5 Å². The van der Waals surface area contributed by atoms with Gasteiger partial charge < -0.3 is 10.3 Å². The van der Waals surface area contributed by atoms with Crippen molar-refractivity contribution in [1.82, 2.24) is 14.9 Å². The number of H-pyrrole nitrogens is 1. The molecule has 1 amide bonds. The Labute approximate surface area is 167 Å². The van der Waals surface area contributed by atoms with E-state index in [0.717, 1.165) is 5.56 Å². The second kappa shape index (κ2) is 8.06. The van der Waals surface area contributed by atoms with Crippen LogP contribution < -0.4 is 10.9 Å². The van der Waals surface area contributed by atoms with Crippen LogP contribution in [0.1, 0.15) is 29.8 Å². The molecular weight excluding hydrogens is 382 g/mol. The molecule has 0 aliphatic heterocycles. The summed E-state index contributed by atoms with van der Waals surface area (Å²) in [4.78, 5) is 28.1. The van der Waals surface area contributed by atoms with Gasteiger partial charge in [0.2, 0.25) is 0 Å². The van der Waals surface area contributed by atoms with E-state index in [-0.39, 0.29) is 17.5 Å². The number of fused-ring (bicyclic) bond motifs is 1. The van der Waals surface area contributed by atoms with E-state index in [0.29, 0.717) is 39.2 Å². The van der Waals surface area contributed by atoms with E-state index in [1.807, 2.05) is 38.1 Å². The van der Waals surface area contributed by atoms with Crippen molar-refractivity contribution >= 4 is 40.6 Å². The summed E-state index contributed by atoms with van der Waals surface area (Å²) < 4.78 is 1.84. The zero-order valence-corrected chi connectivity index (χ0v) is 16.7. The summed E-state index contributed by atoms with van der Waals surface area (Å²) in [5, 5.41) is 4.16. The molecule has 3 rings (SSSR count). The first-order chi connectivity index (χ1) is 12.9. The molecule has 0 saturated heterocycles.